The molecule has 1 heterocycles. The normalized spacial score (nSPS) is 10.5. The highest BCUT2D eigenvalue weighted by Crippen LogP contribution is 2.21. The number of fused-ring (bicyclic) bond motifs is 1. The van der Waals surface area contributed by atoms with E-state index in [1.165, 1.54) is 0 Å². The van der Waals surface area contributed by atoms with Crippen LogP contribution in [0.5, 0.6) is 5.75 Å². The molecule has 5 heteroatoms. The molecule has 0 saturated carbocycles. The minimum absolute atomic E-state index is 0.0571. The average Bonchev–Trinajstić information content (AvgIpc) is 2.78. The van der Waals surface area contributed by atoms with E-state index in [1.807, 2.05) is 42.5 Å². The third kappa shape index (κ3) is 4.30. The summed E-state index contributed by atoms with van der Waals surface area (Å²) in [6.45, 7) is -0.144. The minimum atomic E-state index is -0.285. The molecule has 0 unspecified atom stereocenters. The topological polar surface area (TPSA) is 68.3 Å². The highest BCUT2D eigenvalue weighted by Gasteiger charge is 2.10. The SMILES string of the molecule is O=C(COc1ccc(C(=O)c2ccccc2)cc1)Nc1cccc2cccnc12. The van der Waals surface area contributed by atoms with E-state index in [1.54, 1.807) is 48.7 Å². The minimum Gasteiger partial charge on any atom is -0.484 e. The fourth-order valence-electron chi connectivity index (χ4n) is 3.00. The van der Waals surface area contributed by atoms with Crippen LogP contribution < -0.4 is 10.1 Å². The number of amides is 1. The number of hydrogen-bond acceptors (Lipinski definition) is 4. The molecule has 0 aliphatic heterocycles. The fourth-order valence-corrected chi connectivity index (χ4v) is 3.00. The van der Waals surface area contributed by atoms with Crippen LogP contribution in [0, 0.1) is 0 Å². The molecule has 0 spiro atoms. The Morgan fingerprint density at radius 1 is 0.793 bits per heavy atom. The van der Waals surface area contributed by atoms with Crippen LogP contribution in [0.15, 0.2) is 91.1 Å². The third-order valence-electron chi connectivity index (χ3n) is 4.43. The van der Waals surface area contributed by atoms with Crippen LogP contribution in [0.2, 0.25) is 0 Å². The Kier molecular flexibility index (Phi) is 5.29. The second-order valence-electron chi connectivity index (χ2n) is 6.44. The maximum atomic E-state index is 12.4. The molecule has 0 fully saturated rings. The maximum Gasteiger partial charge on any atom is 0.262 e. The van der Waals surface area contributed by atoms with Crippen molar-refractivity contribution in [3.05, 3.63) is 102 Å². The fraction of sp³-hybridized carbons (Fsp3) is 0.0417. The molecule has 1 N–H and O–H groups in total. The molecular weight excluding hydrogens is 364 g/mol. The molecular formula is C24H18N2O3. The molecule has 29 heavy (non-hydrogen) atoms. The van der Waals surface area contributed by atoms with Gasteiger partial charge in [-0.25, -0.2) is 0 Å². The number of carbonyl (C=O) groups excluding carboxylic acids is 2. The Hall–Kier alpha value is -3.99. The lowest BCUT2D eigenvalue weighted by molar-refractivity contribution is -0.118. The standard InChI is InChI=1S/C24H18N2O3/c27-22(26-21-10-4-8-17-9-5-15-25-23(17)21)16-29-20-13-11-19(12-14-20)24(28)18-6-2-1-3-7-18/h1-15H,16H2,(H,26,27). The summed E-state index contributed by atoms with van der Waals surface area (Å²) in [6, 6.07) is 25.2. The van der Waals surface area contributed by atoms with Crippen LogP contribution in [0.3, 0.4) is 0 Å². The van der Waals surface area contributed by atoms with Crippen molar-refractivity contribution in [2.75, 3.05) is 11.9 Å². The Labute approximate surface area is 168 Å². The van der Waals surface area contributed by atoms with E-state index < -0.39 is 0 Å². The summed E-state index contributed by atoms with van der Waals surface area (Å²) in [5, 5.41) is 3.77. The van der Waals surface area contributed by atoms with Crippen LogP contribution in [0.1, 0.15) is 15.9 Å². The Balaban J connectivity index is 1.37. The van der Waals surface area contributed by atoms with Crippen molar-refractivity contribution in [1.29, 1.82) is 0 Å². The van der Waals surface area contributed by atoms with E-state index in [2.05, 4.69) is 10.3 Å². The average molecular weight is 382 g/mol. The molecule has 4 aromatic rings. The molecule has 0 aliphatic rings. The maximum absolute atomic E-state index is 12.4. The van der Waals surface area contributed by atoms with Crippen molar-refractivity contribution in [2.45, 2.75) is 0 Å². The van der Waals surface area contributed by atoms with Gasteiger partial charge in [-0.15, -0.1) is 0 Å². The number of nitrogens with zero attached hydrogens (tertiary/aromatic N) is 1. The monoisotopic (exact) mass is 382 g/mol. The summed E-state index contributed by atoms with van der Waals surface area (Å²) in [5.41, 5.74) is 2.56. The van der Waals surface area contributed by atoms with Gasteiger partial charge in [0.05, 0.1) is 11.2 Å². The third-order valence-corrected chi connectivity index (χ3v) is 4.43. The zero-order valence-corrected chi connectivity index (χ0v) is 15.5. The second kappa shape index (κ2) is 8.35. The highest BCUT2D eigenvalue weighted by atomic mass is 16.5. The molecule has 0 aliphatic carbocycles. The number of ether oxygens (including phenoxy) is 1. The summed E-state index contributed by atoms with van der Waals surface area (Å²) in [4.78, 5) is 29.0. The lowest BCUT2D eigenvalue weighted by atomic mass is 10.0. The summed E-state index contributed by atoms with van der Waals surface area (Å²) in [7, 11) is 0. The number of benzene rings is 3. The lowest BCUT2D eigenvalue weighted by Crippen LogP contribution is -2.20. The first-order valence-corrected chi connectivity index (χ1v) is 9.17. The highest BCUT2D eigenvalue weighted by molar-refractivity contribution is 6.09. The summed E-state index contributed by atoms with van der Waals surface area (Å²) in [6.07, 6.45) is 1.69. The van der Waals surface area contributed by atoms with Crippen molar-refractivity contribution < 1.29 is 14.3 Å². The van der Waals surface area contributed by atoms with Gasteiger partial charge >= 0.3 is 0 Å². The molecule has 3 aromatic carbocycles. The summed E-state index contributed by atoms with van der Waals surface area (Å²) in [5.74, 6) is 0.173. The van der Waals surface area contributed by atoms with Gasteiger partial charge in [0.25, 0.3) is 5.91 Å². The Bertz CT molecular complexity index is 1150. The molecule has 1 amide bonds. The number of nitrogens with one attached hydrogen (secondary N) is 1. The van der Waals surface area contributed by atoms with Gasteiger partial charge in [-0.1, -0.05) is 48.5 Å². The summed E-state index contributed by atoms with van der Waals surface area (Å²) >= 11 is 0. The van der Waals surface area contributed by atoms with Crippen molar-refractivity contribution in [1.82, 2.24) is 4.98 Å². The first kappa shape index (κ1) is 18.4. The van der Waals surface area contributed by atoms with E-state index in [0.29, 0.717) is 22.6 Å². The van der Waals surface area contributed by atoms with Gasteiger partial charge in [-0.2, -0.15) is 0 Å². The van der Waals surface area contributed by atoms with Crippen LogP contribution in [0.4, 0.5) is 5.69 Å². The first-order chi connectivity index (χ1) is 14.2. The number of pyridine rings is 1. The van der Waals surface area contributed by atoms with Crippen LogP contribution in [0.25, 0.3) is 10.9 Å². The Morgan fingerprint density at radius 3 is 2.31 bits per heavy atom. The van der Waals surface area contributed by atoms with E-state index >= 15 is 0 Å². The number of anilines is 1. The predicted molar refractivity (Wildman–Crippen MR) is 112 cm³/mol. The van der Waals surface area contributed by atoms with Gasteiger partial charge in [0.2, 0.25) is 0 Å². The number of rotatable bonds is 6. The van der Waals surface area contributed by atoms with E-state index in [4.69, 9.17) is 4.74 Å². The summed E-state index contributed by atoms with van der Waals surface area (Å²) < 4.78 is 5.55. The lowest BCUT2D eigenvalue weighted by Gasteiger charge is -2.09. The number of aromatic nitrogens is 1. The number of para-hydroxylation sites is 1. The number of ketones is 1. The van der Waals surface area contributed by atoms with Gasteiger partial charge in [0, 0.05) is 22.7 Å². The van der Waals surface area contributed by atoms with Crippen LogP contribution in [-0.4, -0.2) is 23.3 Å². The predicted octanol–water partition coefficient (Wildman–Crippen LogP) is 4.48. The van der Waals surface area contributed by atoms with E-state index in [9.17, 15) is 9.59 Å². The van der Waals surface area contributed by atoms with Crippen molar-refractivity contribution >= 4 is 28.3 Å². The van der Waals surface area contributed by atoms with Gasteiger partial charge < -0.3 is 10.1 Å². The van der Waals surface area contributed by atoms with Crippen LogP contribution >= 0.6 is 0 Å². The molecule has 5 nitrogen and oxygen atoms in total. The molecule has 4 rings (SSSR count). The molecule has 142 valence electrons. The molecule has 0 bridgehead atoms. The molecule has 0 atom stereocenters. The number of carbonyl (C=O) groups is 2. The van der Waals surface area contributed by atoms with Crippen molar-refractivity contribution in [3.63, 3.8) is 0 Å². The first-order valence-electron chi connectivity index (χ1n) is 9.17. The van der Waals surface area contributed by atoms with E-state index in [-0.39, 0.29) is 18.3 Å². The van der Waals surface area contributed by atoms with Gasteiger partial charge in [0.1, 0.15) is 5.75 Å². The zero-order valence-electron chi connectivity index (χ0n) is 15.5. The van der Waals surface area contributed by atoms with E-state index in [0.717, 1.165) is 10.9 Å². The molecule has 1 aromatic heterocycles. The zero-order chi connectivity index (χ0) is 20.1. The van der Waals surface area contributed by atoms with Gasteiger partial charge in [0.15, 0.2) is 12.4 Å². The second-order valence-corrected chi connectivity index (χ2v) is 6.44. The largest absolute Gasteiger partial charge is 0.484 e. The Morgan fingerprint density at radius 2 is 1.52 bits per heavy atom. The quantitative estimate of drug-likeness (QED) is 0.499. The van der Waals surface area contributed by atoms with Gasteiger partial charge in [-0.3, -0.25) is 14.6 Å². The molecule has 0 saturated heterocycles. The smallest absolute Gasteiger partial charge is 0.262 e. The van der Waals surface area contributed by atoms with Gasteiger partial charge in [-0.05, 0) is 36.4 Å². The number of hydrogen-bond donors (Lipinski definition) is 1. The van der Waals surface area contributed by atoms with Crippen molar-refractivity contribution in [2.24, 2.45) is 0 Å². The molecule has 0 radical (unpaired) electrons. The van der Waals surface area contributed by atoms with Crippen LogP contribution in [-0.2, 0) is 4.79 Å². The van der Waals surface area contributed by atoms with Crippen molar-refractivity contribution in [3.8, 4) is 5.75 Å².